The van der Waals surface area contributed by atoms with Crippen molar-refractivity contribution in [2.75, 3.05) is 5.32 Å². The maximum atomic E-state index is 13.1. The second kappa shape index (κ2) is 8.24. The number of nitrogens with one attached hydrogen (secondary N) is 2. The van der Waals surface area contributed by atoms with Gasteiger partial charge >= 0.3 is 0 Å². The van der Waals surface area contributed by atoms with Crippen LogP contribution in [0.4, 0.5) is 5.69 Å². The lowest BCUT2D eigenvalue weighted by atomic mass is 10.0. The van der Waals surface area contributed by atoms with Gasteiger partial charge in [-0.15, -0.1) is 0 Å². The van der Waals surface area contributed by atoms with Crippen LogP contribution in [0.3, 0.4) is 0 Å². The zero-order chi connectivity index (χ0) is 21.3. The Balaban J connectivity index is 1.46. The Morgan fingerprint density at radius 2 is 1.73 bits per heavy atom. The van der Waals surface area contributed by atoms with Gasteiger partial charge in [0.25, 0.3) is 0 Å². The van der Waals surface area contributed by atoms with E-state index in [1.807, 2.05) is 44.3 Å². The number of carbonyl (C=O) groups excluding carboxylic acids is 1. The number of aromatic amines is 1. The number of piperidine rings is 1. The molecular formula is C23H27N3O3S. The van der Waals surface area contributed by atoms with Crippen molar-refractivity contribution in [2.24, 2.45) is 0 Å². The van der Waals surface area contributed by atoms with Crippen molar-refractivity contribution >= 4 is 32.5 Å². The van der Waals surface area contributed by atoms with Crippen molar-refractivity contribution in [3.8, 4) is 0 Å². The summed E-state index contributed by atoms with van der Waals surface area (Å²) in [5.41, 5.74) is 2.50. The van der Waals surface area contributed by atoms with Crippen LogP contribution in [0.15, 0.2) is 59.6 Å². The second-order valence-corrected chi connectivity index (χ2v) is 9.92. The van der Waals surface area contributed by atoms with Crippen LogP contribution in [0.25, 0.3) is 10.9 Å². The SMILES string of the molecule is CC1CCCC(C)N1S(=O)(=O)c1ccc(NC(=O)Cc2c[nH]c3ccccc23)cc1. The quantitative estimate of drug-likeness (QED) is 0.639. The van der Waals surface area contributed by atoms with E-state index in [0.29, 0.717) is 5.69 Å². The van der Waals surface area contributed by atoms with Crippen molar-refractivity contribution in [3.63, 3.8) is 0 Å². The van der Waals surface area contributed by atoms with Gasteiger partial charge in [0.1, 0.15) is 0 Å². The van der Waals surface area contributed by atoms with Crippen LogP contribution < -0.4 is 5.32 Å². The van der Waals surface area contributed by atoms with Crippen LogP contribution in [0.2, 0.25) is 0 Å². The van der Waals surface area contributed by atoms with Crippen LogP contribution in [0.1, 0.15) is 38.7 Å². The van der Waals surface area contributed by atoms with E-state index in [2.05, 4.69) is 10.3 Å². The minimum Gasteiger partial charge on any atom is -0.361 e. The fourth-order valence-electron chi connectivity index (χ4n) is 4.36. The third kappa shape index (κ3) is 4.00. The van der Waals surface area contributed by atoms with E-state index in [-0.39, 0.29) is 29.3 Å². The fraction of sp³-hybridized carbons (Fsp3) is 0.348. The number of anilines is 1. The molecule has 158 valence electrons. The molecule has 2 atom stereocenters. The molecule has 0 aliphatic carbocycles. The molecule has 2 aromatic carbocycles. The van der Waals surface area contributed by atoms with Crippen molar-refractivity contribution in [2.45, 2.75) is 56.5 Å². The van der Waals surface area contributed by atoms with Gasteiger partial charge in [0, 0.05) is 34.9 Å². The summed E-state index contributed by atoms with van der Waals surface area (Å²) in [5, 5.41) is 3.89. The van der Waals surface area contributed by atoms with Crippen molar-refractivity contribution < 1.29 is 13.2 Å². The monoisotopic (exact) mass is 425 g/mol. The lowest BCUT2D eigenvalue weighted by Gasteiger charge is -2.37. The topological polar surface area (TPSA) is 82.3 Å². The highest BCUT2D eigenvalue weighted by molar-refractivity contribution is 7.89. The highest BCUT2D eigenvalue weighted by atomic mass is 32.2. The molecular weight excluding hydrogens is 398 g/mol. The Hall–Kier alpha value is -2.64. The lowest BCUT2D eigenvalue weighted by Crippen LogP contribution is -2.47. The van der Waals surface area contributed by atoms with Crippen LogP contribution in [-0.2, 0) is 21.2 Å². The Morgan fingerprint density at radius 1 is 1.07 bits per heavy atom. The number of nitrogens with zero attached hydrogens (tertiary/aromatic N) is 1. The van der Waals surface area contributed by atoms with Gasteiger partial charge in [-0.2, -0.15) is 4.31 Å². The van der Waals surface area contributed by atoms with Crippen LogP contribution >= 0.6 is 0 Å². The molecule has 6 nitrogen and oxygen atoms in total. The van der Waals surface area contributed by atoms with Crippen molar-refractivity contribution in [1.29, 1.82) is 0 Å². The molecule has 0 radical (unpaired) electrons. The summed E-state index contributed by atoms with van der Waals surface area (Å²) in [5.74, 6) is -0.145. The number of H-pyrrole nitrogens is 1. The predicted molar refractivity (Wildman–Crippen MR) is 119 cm³/mol. The molecule has 1 aliphatic heterocycles. The summed E-state index contributed by atoms with van der Waals surface area (Å²) in [6, 6.07) is 14.3. The number of rotatable bonds is 5. The molecule has 4 rings (SSSR count). The molecule has 3 aromatic rings. The molecule has 1 saturated heterocycles. The first-order valence-corrected chi connectivity index (χ1v) is 11.8. The zero-order valence-corrected chi connectivity index (χ0v) is 18.1. The number of amides is 1. The normalized spacial score (nSPS) is 20.3. The van der Waals surface area contributed by atoms with Gasteiger partial charge < -0.3 is 10.3 Å². The zero-order valence-electron chi connectivity index (χ0n) is 17.3. The Morgan fingerprint density at radius 3 is 2.43 bits per heavy atom. The van der Waals surface area contributed by atoms with Gasteiger partial charge in [-0.1, -0.05) is 24.6 Å². The molecule has 1 aliphatic rings. The minimum atomic E-state index is -3.55. The van der Waals surface area contributed by atoms with E-state index < -0.39 is 10.0 Å². The molecule has 1 amide bonds. The van der Waals surface area contributed by atoms with Gasteiger partial charge in [-0.05, 0) is 62.6 Å². The summed E-state index contributed by atoms with van der Waals surface area (Å²) < 4.78 is 27.9. The summed E-state index contributed by atoms with van der Waals surface area (Å²) in [6.07, 6.45) is 4.90. The molecule has 0 saturated carbocycles. The van der Waals surface area contributed by atoms with E-state index in [0.717, 1.165) is 35.7 Å². The number of benzene rings is 2. The van der Waals surface area contributed by atoms with Crippen LogP contribution in [0.5, 0.6) is 0 Å². The number of hydrogen-bond donors (Lipinski definition) is 2. The van der Waals surface area contributed by atoms with Gasteiger partial charge in [0.05, 0.1) is 11.3 Å². The van der Waals surface area contributed by atoms with E-state index in [1.54, 1.807) is 28.6 Å². The lowest BCUT2D eigenvalue weighted by molar-refractivity contribution is -0.115. The number of hydrogen-bond acceptors (Lipinski definition) is 3. The molecule has 0 spiro atoms. The average Bonchev–Trinajstić information content (AvgIpc) is 3.11. The summed E-state index contributed by atoms with van der Waals surface area (Å²) in [4.78, 5) is 15.9. The molecule has 2 heterocycles. The number of aromatic nitrogens is 1. The molecule has 30 heavy (non-hydrogen) atoms. The molecule has 2 unspecified atom stereocenters. The fourth-order valence-corrected chi connectivity index (χ4v) is 6.24. The maximum absolute atomic E-state index is 13.1. The van der Waals surface area contributed by atoms with Gasteiger partial charge in [-0.25, -0.2) is 8.42 Å². The van der Waals surface area contributed by atoms with Crippen LogP contribution in [-0.4, -0.2) is 35.7 Å². The van der Waals surface area contributed by atoms with E-state index in [4.69, 9.17) is 0 Å². The Bertz CT molecular complexity index is 1140. The van der Waals surface area contributed by atoms with Gasteiger partial charge in [0.2, 0.25) is 15.9 Å². The van der Waals surface area contributed by atoms with Gasteiger partial charge in [-0.3, -0.25) is 4.79 Å². The van der Waals surface area contributed by atoms with E-state index >= 15 is 0 Å². The van der Waals surface area contributed by atoms with Crippen LogP contribution in [0, 0.1) is 0 Å². The largest absolute Gasteiger partial charge is 0.361 e. The smallest absolute Gasteiger partial charge is 0.243 e. The summed E-state index contributed by atoms with van der Waals surface area (Å²) in [7, 11) is -3.55. The van der Waals surface area contributed by atoms with E-state index in [1.165, 1.54) is 0 Å². The number of sulfonamides is 1. The number of carbonyl (C=O) groups is 1. The molecule has 1 aromatic heterocycles. The molecule has 1 fully saturated rings. The standard InChI is InChI=1S/C23H27N3O3S/c1-16-6-5-7-17(2)26(16)30(28,29)20-12-10-19(11-13-20)25-23(27)14-18-15-24-22-9-4-3-8-21(18)22/h3-4,8-13,15-17,24H,5-7,14H2,1-2H3,(H,25,27). The third-order valence-corrected chi connectivity index (χ3v) is 7.99. The van der Waals surface area contributed by atoms with Crippen molar-refractivity contribution in [1.82, 2.24) is 9.29 Å². The minimum absolute atomic E-state index is 0.00528. The second-order valence-electron chi connectivity index (χ2n) is 8.07. The first kappa shape index (κ1) is 20.6. The molecule has 0 bridgehead atoms. The maximum Gasteiger partial charge on any atom is 0.243 e. The molecule has 7 heteroatoms. The van der Waals surface area contributed by atoms with Crippen molar-refractivity contribution in [3.05, 3.63) is 60.3 Å². The Kier molecular flexibility index (Phi) is 5.66. The predicted octanol–water partition coefficient (Wildman–Crippen LogP) is 4.30. The number of fused-ring (bicyclic) bond motifs is 1. The average molecular weight is 426 g/mol. The highest BCUT2D eigenvalue weighted by Crippen LogP contribution is 2.30. The first-order chi connectivity index (χ1) is 14.4. The highest BCUT2D eigenvalue weighted by Gasteiger charge is 2.35. The number of para-hydroxylation sites is 1. The first-order valence-electron chi connectivity index (χ1n) is 10.3. The third-order valence-electron chi connectivity index (χ3n) is 5.85. The van der Waals surface area contributed by atoms with E-state index in [9.17, 15) is 13.2 Å². The van der Waals surface area contributed by atoms with Gasteiger partial charge in [0.15, 0.2) is 0 Å². The summed E-state index contributed by atoms with van der Waals surface area (Å²) >= 11 is 0. The Labute approximate surface area is 177 Å². The summed E-state index contributed by atoms with van der Waals surface area (Å²) in [6.45, 7) is 3.93. The molecule has 2 N–H and O–H groups in total.